The van der Waals surface area contributed by atoms with Gasteiger partial charge in [0.25, 0.3) is 0 Å². The highest BCUT2D eigenvalue weighted by Gasteiger charge is 2.24. The van der Waals surface area contributed by atoms with Crippen molar-refractivity contribution in [3.05, 3.63) is 41.2 Å². The molecule has 0 aliphatic carbocycles. The van der Waals surface area contributed by atoms with E-state index >= 15 is 0 Å². The fourth-order valence-corrected chi connectivity index (χ4v) is 2.62. The molecule has 2 aliphatic rings. The fourth-order valence-electron chi connectivity index (χ4n) is 2.62. The lowest BCUT2D eigenvalue weighted by atomic mass is 9.96. The second kappa shape index (κ2) is 6.62. The molecule has 6 nitrogen and oxygen atoms in total. The second-order valence-electron chi connectivity index (χ2n) is 5.39. The third kappa shape index (κ3) is 3.28. The predicted molar refractivity (Wildman–Crippen MR) is 84.5 cm³/mol. The molecule has 0 saturated carbocycles. The SMILES string of the molecule is COc1cccc(CNC(=O)C2C=NC3=C(CNCN3)C2)c1. The quantitative estimate of drug-likeness (QED) is 0.767. The largest absolute Gasteiger partial charge is 0.497 e. The van der Waals surface area contributed by atoms with Crippen LogP contribution in [0.3, 0.4) is 0 Å². The summed E-state index contributed by atoms with van der Waals surface area (Å²) < 4.78 is 5.18. The van der Waals surface area contributed by atoms with Crippen molar-refractivity contribution < 1.29 is 9.53 Å². The monoisotopic (exact) mass is 300 g/mol. The molecule has 6 heteroatoms. The van der Waals surface area contributed by atoms with Gasteiger partial charge < -0.3 is 15.4 Å². The Morgan fingerprint density at radius 1 is 1.50 bits per heavy atom. The standard InChI is InChI=1S/C16H20N4O2/c1-22-14-4-2-3-11(5-14)7-19-16(21)13-6-12-8-17-10-20-15(12)18-9-13/h2-5,9,13,17,20H,6-8,10H2,1H3,(H,19,21). The highest BCUT2D eigenvalue weighted by molar-refractivity contribution is 5.94. The molecule has 116 valence electrons. The van der Waals surface area contributed by atoms with Crippen molar-refractivity contribution in [2.75, 3.05) is 20.3 Å². The van der Waals surface area contributed by atoms with Crippen molar-refractivity contribution in [3.63, 3.8) is 0 Å². The minimum absolute atomic E-state index is 0.00342. The molecule has 0 aromatic heterocycles. The Kier molecular flexibility index (Phi) is 4.39. The number of benzene rings is 1. The number of nitrogens with zero attached hydrogens (tertiary/aromatic N) is 1. The number of ether oxygens (including phenoxy) is 1. The highest BCUT2D eigenvalue weighted by Crippen LogP contribution is 2.21. The molecule has 2 heterocycles. The van der Waals surface area contributed by atoms with Crippen LogP contribution in [0.15, 0.2) is 40.7 Å². The Balaban J connectivity index is 1.56. The van der Waals surface area contributed by atoms with Crippen LogP contribution >= 0.6 is 0 Å². The van der Waals surface area contributed by atoms with E-state index in [9.17, 15) is 4.79 Å². The van der Waals surface area contributed by atoms with Crippen molar-refractivity contribution in [1.82, 2.24) is 16.0 Å². The van der Waals surface area contributed by atoms with Gasteiger partial charge in [0, 0.05) is 19.3 Å². The Morgan fingerprint density at radius 3 is 3.27 bits per heavy atom. The van der Waals surface area contributed by atoms with E-state index < -0.39 is 0 Å². The number of hydrogen-bond donors (Lipinski definition) is 3. The van der Waals surface area contributed by atoms with E-state index in [4.69, 9.17) is 4.74 Å². The van der Waals surface area contributed by atoms with Crippen LogP contribution in [0, 0.1) is 5.92 Å². The summed E-state index contributed by atoms with van der Waals surface area (Å²) in [4.78, 5) is 16.7. The zero-order valence-corrected chi connectivity index (χ0v) is 12.6. The van der Waals surface area contributed by atoms with E-state index in [0.29, 0.717) is 13.0 Å². The summed E-state index contributed by atoms with van der Waals surface area (Å²) in [7, 11) is 1.63. The number of rotatable bonds is 4. The lowest BCUT2D eigenvalue weighted by molar-refractivity contribution is -0.123. The van der Waals surface area contributed by atoms with Crippen LogP contribution in [0.25, 0.3) is 0 Å². The minimum Gasteiger partial charge on any atom is -0.497 e. The molecule has 0 bridgehead atoms. The van der Waals surface area contributed by atoms with E-state index in [2.05, 4.69) is 20.9 Å². The Morgan fingerprint density at radius 2 is 2.41 bits per heavy atom. The van der Waals surface area contributed by atoms with Crippen molar-refractivity contribution in [3.8, 4) is 5.75 Å². The fraction of sp³-hybridized carbons (Fsp3) is 0.375. The summed E-state index contributed by atoms with van der Waals surface area (Å²) >= 11 is 0. The summed E-state index contributed by atoms with van der Waals surface area (Å²) in [5.41, 5.74) is 2.18. The number of aliphatic imine (C=N–C) groups is 1. The van der Waals surface area contributed by atoms with Crippen molar-refractivity contribution >= 4 is 12.1 Å². The van der Waals surface area contributed by atoms with Gasteiger partial charge in [-0.2, -0.15) is 0 Å². The molecule has 0 saturated heterocycles. The first-order chi connectivity index (χ1) is 10.8. The molecule has 0 fully saturated rings. The molecular weight excluding hydrogens is 280 g/mol. The zero-order valence-electron chi connectivity index (χ0n) is 12.6. The molecule has 3 rings (SSSR count). The van der Waals surface area contributed by atoms with Gasteiger partial charge in [-0.15, -0.1) is 0 Å². The van der Waals surface area contributed by atoms with E-state index in [1.54, 1.807) is 13.3 Å². The molecule has 1 amide bonds. The highest BCUT2D eigenvalue weighted by atomic mass is 16.5. The van der Waals surface area contributed by atoms with Crippen LogP contribution in [0.2, 0.25) is 0 Å². The molecular formula is C16H20N4O2. The number of nitrogens with one attached hydrogen (secondary N) is 3. The van der Waals surface area contributed by atoms with Gasteiger partial charge in [-0.05, 0) is 29.7 Å². The molecule has 0 spiro atoms. The van der Waals surface area contributed by atoms with Crippen LogP contribution in [0.4, 0.5) is 0 Å². The van der Waals surface area contributed by atoms with Gasteiger partial charge in [-0.1, -0.05) is 12.1 Å². The molecule has 1 aromatic rings. The molecule has 3 N–H and O–H groups in total. The van der Waals surface area contributed by atoms with Gasteiger partial charge in [-0.3, -0.25) is 10.1 Å². The summed E-state index contributed by atoms with van der Waals surface area (Å²) in [6.07, 6.45) is 2.45. The average molecular weight is 300 g/mol. The van der Waals surface area contributed by atoms with E-state index in [1.807, 2.05) is 24.3 Å². The molecule has 22 heavy (non-hydrogen) atoms. The van der Waals surface area contributed by atoms with E-state index in [1.165, 1.54) is 0 Å². The minimum atomic E-state index is -0.203. The van der Waals surface area contributed by atoms with Gasteiger partial charge in [-0.25, -0.2) is 4.99 Å². The Labute approximate surface area is 129 Å². The van der Waals surface area contributed by atoms with E-state index in [0.717, 1.165) is 35.9 Å². The molecule has 2 aliphatic heterocycles. The van der Waals surface area contributed by atoms with Crippen LogP contribution in [-0.2, 0) is 11.3 Å². The van der Waals surface area contributed by atoms with Gasteiger partial charge >= 0.3 is 0 Å². The van der Waals surface area contributed by atoms with E-state index in [-0.39, 0.29) is 11.8 Å². The number of carbonyl (C=O) groups is 1. The van der Waals surface area contributed by atoms with Crippen LogP contribution in [-0.4, -0.2) is 32.4 Å². The normalized spacial score (nSPS) is 20.1. The summed E-state index contributed by atoms with van der Waals surface area (Å²) in [6.45, 7) is 2.00. The zero-order chi connectivity index (χ0) is 15.4. The van der Waals surface area contributed by atoms with Gasteiger partial charge in [0.05, 0.1) is 19.7 Å². The predicted octanol–water partition coefficient (Wildman–Crippen LogP) is 0.764. The maximum atomic E-state index is 12.3. The third-order valence-electron chi connectivity index (χ3n) is 3.84. The maximum absolute atomic E-state index is 12.3. The van der Waals surface area contributed by atoms with Crippen LogP contribution in [0.5, 0.6) is 5.75 Å². The van der Waals surface area contributed by atoms with Crippen LogP contribution < -0.4 is 20.7 Å². The maximum Gasteiger partial charge on any atom is 0.229 e. The summed E-state index contributed by atoms with van der Waals surface area (Å²) in [5, 5.41) is 9.37. The van der Waals surface area contributed by atoms with Crippen LogP contribution in [0.1, 0.15) is 12.0 Å². The first-order valence-electron chi connectivity index (χ1n) is 7.37. The van der Waals surface area contributed by atoms with Crippen molar-refractivity contribution in [1.29, 1.82) is 0 Å². The first-order valence-corrected chi connectivity index (χ1v) is 7.37. The third-order valence-corrected chi connectivity index (χ3v) is 3.84. The number of methoxy groups -OCH3 is 1. The lowest BCUT2D eigenvalue weighted by Crippen LogP contribution is -2.40. The van der Waals surface area contributed by atoms with Crippen molar-refractivity contribution in [2.45, 2.75) is 13.0 Å². The Bertz CT molecular complexity index is 624. The summed E-state index contributed by atoms with van der Waals surface area (Å²) in [5.74, 6) is 1.51. The lowest BCUT2D eigenvalue weighted by Gasteiger charge is -2.26. The van der Waals surface area contributed by atoms with Crippen molar-refractivity contribution in [2.24, 2.45) is 10.9 Å². The molecule has 0 radical (unpaired) electrons. The molecule has 1 unspecified atom stereocenters. The number of hydrogen-bond acceptors (Lipinski definition) is 5. The average Bonchev–Trinajstić information content (AvgIpc) is 2.59. The molecule has 1 aromatic carbocycles. The number of amides is 1. The topological polar surface area (TPSA) is 74.8 Å². The summed E-state index contributed by atoms with van der Waals surface area (Å²) in [6, 6.07) is 7.69. The molecule has 1 atom stereocenters. The first kappa shape index (κ1) is 14.6. The smallest absolute Gasteiger partial charge is 0.229 e. The van der Waals surface area contributed by atoms with Gasteiger partial charge in [0.15, 0.2) is 0 Å². The Hall–Kier alpha value is -2.34. The number of carbonyl (C=O) groups excluding carboxylic acids is 1. The van der Waals surface area contributed by atoms with Gasteiger partial charge in [0.1, 0.15) is 11.6 Å². The second-order valence-corrected chi connectivity index (χ2v) is 5.39. The van der Waals surface area contributed by atoms with Gasteiger partial charge in [0.2, 0.25) is 5.91 Å².